The molecule has 0 aromatic carbocycles. The Hall–Kier alpha value is -0.320. The Labute approximate surface area is 125 Å². The van der Waals surface area contributed by atoms with Crippen molar-refractivity contribution in [1.82, 2.24) is 0 Å². The highest BCUT2D eigenvalue weighted by Crippen LogP contribution is 2.54. The predicted octanol–water partition coefficient (Wildman–Crippen LogP) is 5.71. The Morgan fingerprint density at radius 2 is 1.52 bits per heavy atom. The summed E-state index contributed by atoms with van der Waals surface area (Å²) >= 11 is 0. The topological polar surface area (TPSA) is 35.5 Å². The van der Waals surface area contributed by atoms with Crippen molar-refractivity contribution in [3.8, 4) is 0 Å². The Morgan fingerprint density at radius 3 is 1.81 bits per heavy atom. The molecule has 0 bridgehead atoms. The van der Waals surface area contributed by atoms with Crippen LogP contribution in [0.3, 0.4) is 0 Å². The van der Waals surface area contributed by atoms with E-state index in [0.29, 0.717) is 12.8 Å². The van der Waals surface area contributed by atoms with Gasteiger partial charge in [-0.3, -0.25) is 4.57 Å². The highest BCUT2D eigenvalue weighted by Gasteiger charge is 2.41. The smallest absolute Gasteiger partial charge is 0.306 e. The zero-order valence-corrected chi connectivity index (χ0v) is 14.5. The minimum absolute atomic E-state index is 0.185. The standard InChI is InChI=1S/C14H26F3O3P/c1-7-8-12(6)13(14(15,16)17)9-21(18,19-10(2)3)20-11(4)5/h10-11H,7-9H2,1-6H3/b13-12+. The zero-order chi connectivity index (χ0) is 16.8. The highest BCUT2D eigenvalue weighted by molar-refractivity contribution is 7.54. The van der Waals surface area contributed by atoms with Gasteiger partial charge in [-0.1, -0.05) is 18.9 Å². The van der Waals surface area contributed by atoms with Crippen LogP contribution in [-0.4, -0.2) is 24.5 Å². The van der Waals surface area contributed by atoms with Gasteiger partial charge in [0.2, 0.25) is 0 Å². The summed E-state index contributed by atoms with van der Waals surface area (Å²) in [5.74, 6) is 0. The van der Waals surface area contributed by atoms with Gasteiger partial charge in [-0.25, -0.2) is 0 Å². The molecule has 3 nitrogen and oxygen atoms in total. The van der Waals surface area contributed by atoms with Crippen molar-refractivity contribution < 1.29 is 26.8 Å². The van der Waals surface area contributed by atoms with E-state index in [9.17, 15) is 17.7 Å². The molecule has 0 N–H and O–H groups in total. The molecule has 0 radical (unpaired) electrons. The van der Waals surface area contributed by atoms with Gasteiger partial charge < -0.3 is 9.05 Å². The molecule has 0 amide bonds. The lowest BCUT2D eigenvalue weighted by Gasteiger charge is -2.25. The van der Waals surface area contributed by atoms with Gasteiger partial charge in [-0.2, -0.15) is 13.2 Å². The van der Waals surface area contributed by atoms with Gasteiger partial charge in [0, 0.05) is 5.57 Å². The van der Waals surface area contributed by atoms with Crippen LogP contribution in [0.2, 0.25) is 0 Å². The summed E-state index contributed by atoms with van der Waals surface area (Å²) in [6.07, 6.45) is -5.33. The molecule has 0 spiro atoms. The first-order valence-electron chi connectivity index (χ1n) is 7.13. The molecule has 0 aliphatic rings. The van der Waals surface area contributed by atoms with Crippen LogP contribution in [-0.2, 0) is 13.6 Å². The Kier molecular flexibility index (Phi) is 8.22. The van der Waals surface area contributed by atoms with Crippen LogP contribution in [0.4, 0.5) is 13.2 Å². The molecule has 0 aromatic rings. The molecule has 0 heterocycles. The zero-order valence-electron chi connectivity index (χ0n) is 13.6. The summed E-state index contributed by atoms with van der Waals surface area (Å²) < 4.78 is 62.7. The van der Waals surface area contributed by atoms with Crippen LogP contribution >= 0.6 is 7.60 Å². The van der Waals surface area contributed by atoms with Gasteiger partial charge in [-0.15, -0.1) is 0 Å². The number of hydrogen-bond donors (Lipinski definition) is 0. The summed E-state index contributed by atoms with van der Waals surface area (Å²) in [5.41, 5.74) is -0.612. The predicted molar refractivity (Wildman–Crippen MR) is 78.6 cm³/mol. The van der Waals surface area contributed by atoms with Crippen molar-refractivity contribution in [3.05, 3.63) is 11.1 Å². The highest BCUT2D eigenvalue weighted by atomic mass is 31.2. The van der Waals surface area contributed by atoms with E-state index in [1.165, 1.54) is 6.92 Å². The Bertz CT molecular complexity index is 387. The van der Waals surface area contributed by atoms with Crippen LogP contribution in [0.1, 0.15) is 54.4 Å². The average molecular weight is 330 g/mol. The number of alkyl halides is 3. The van der Waals surface area contributed by atoms with E-state index in [2.05, 4.69) is 0 Å². The first-order valence-corrected chi connectivity index (χ1v) is 8.85. The van der Waals surface area contributed by atoms with Crippen LogP contribution in [0, 0.1) is 0 Å². The first kappa shape index (κ1) is 20.7. The van der Waals surface area contributed by atoms with E-state index >= 15 is 0 Å². The molecule has 0 fully saturated rings. The molecule has 126 valence electrons. The van der Waals surface area contributed by atoms with Gasteiger partial charge in [-0.05, 0) is 41.0 Å². The van der Waals surface area contributed by atoms with Crippen molar-refractivity contribution >= 4 is 7.60 Å². The summed E-state index contributed by atoms with van der Waals surface area (Å²) in [6, 6.07) is 0. The molecular formula is C14H26F3O3P. The van der Waals surface area contributed by atoms with Crippen LogP contribution in [0.5, 0.6) is 0 Å². The fraction of sp³-hybridized carbons (Fsp3) is 0.857. The lowest BCUT2D eigenvalue weighted by Crippen LogP contribution is -2.20. The Morgan fingerprint density at radius 1 is 1.10 bits per heavy atom. The van der Waals surface area contributed by atoms with Gasteiger partial charge >= 0.3 is 13.8 Å². The second-order valence-corrected chi connectivity index (χ2v) is 7.54. The average Bonchev–Trinajstić information content (AvgIpc) is 2.22. The molecule has 21 heavy (non-hydrogen) atoms. The summed E-state index contributed by atoms with van der Waals surface area (Å²) in [4.78, 5) is 0. The summed E-state index contributed by atoms with van der Waals surface area (Å²) in [6.45, 7) is 9.69. The van der Waals surface area contributed by atoms with Crippen molar-refractivity contribution in [2.24, 2.45) is 0 Å². The molecule has 0 saturated carbocycles. The monoisotopic (exact) mass is 330 g/mol. The second kappa shape index (κ2) is 8.35. The third-order valence-electron chi connectivity index (χ3n) is 2.58. The third kappa shape index (κ3) is 8.03. The van der Waals surface area contributed by atoms with Crippen molar-refractivity contribution in [2.45, 2.75) is 72.8 Å². The van der Waals surface area contributed by atoms with Gasteiger partial charge in [0.05, 0.1) is 18.4 Å². The van der Waals surface area contributed by atoms with E-state index in [1.54, 1.807) is 34.6 Å². The minimum Gasteiger partial charge on any atom is -0.306 e. The lowest BCUT2D eigenvalue weighted by molar-refractivity contribution is -0.0925. The van der Waals surface area contributed by atoms with Crippen LogP contribution in [0.25, 0.3) is 0 Å². The molecule has 0 aliphatic heterocycles. The molecule has 0 aliphatic carbocycles. The third-order valence-corrected chi connectivity index (χ3v) is 4.77. The van der Waals surface area contributed by atoms with E-state index in [1.807, 2.05) is 0 Å². The van der Waals surface area contributed by atoms with Crippen molar-refractivity contribution in [1.29, 1.82) is 0 Å². The van der Waals surface area contributed by atoms with E-state index in [-0.39, 0.29) is 5.57 Å². The lowest BCUT2D eigenvalue weighted by atomic mass is 10.1. The molecule has 7 heteroatoms. The van der Waals surface area contributed by atoms with E-state index in [4.69, 9.17) is 9.05 Å². The maximum absolute atomic E-state index is 13.2. The quantitative estimate of drug-likeness (QED) is 0.422. The van der Waals surface area contributed by atoms with Gasteiger partial charge in [0.25, 0.3) is 0 Å². The normalized spacial score (nSPS) is 14.8. The Balaban J connectivity index is 5.52. The molecule has 0 atom stereocenters. The van der Waals surface area contributed by atoms with Gasteiger partial charge in [0.15, 0.2) is 0 Å². The molecule has 0 aromatic heterocycles. The number of rotatable bonds is 8. The minimum atomic E-state index is -4.53. The number of hydrogen-bond acceptors (Lipinski definition) is 3. The summed E-state index contributed by atoms with van der Waals surface area (Å²) in [7, 11) is -3.84. The summed E-state index contributed by atoms with van der Waals surface area (Å²) in [5, 5.41) is 0. The van der Waals surface area contributed by atoms with Crippen molar-refractivity contribution in [2.75, 3.05) is 6.16 Å². The fourth-order valence-electron chi connectivity index (χ4n) is 1.93. The number of allylic oxidation sites excluding steroid dienone is 2. The molecular weight excluding hydrogens is 304 g/mol. The van der Waals surface area contributed by atoms with Crippen molar-refractivity contribution in [3.63, 3.8) is 0 Å². The molecule has 0 rings (SSSR count). The molecule has 0 saturated heterocycles. The first-order chi connectivity index (χ1) is 9.41. The second-order valence-electron chi connectivity index (χ2n) is 5.58. The van der Waals surface area contributed by atoms with E-state index in [0.717, 1.165) is 0 Å². The fourth-order valence-corrected chi connectivity index (χ4v) is 4.25. The maximum Gasteiger partial charge on any atom is 0.413 e. The van der Waals surface area contributed by atoms with Gasteiger partial charge in [0.1, 0.15) is 0 Å². The molecule has 0 unspecified atom stereocenters. The maximum atomic E-state index is 13.2. The largest absolute Gasteiger partial charge is 0.413 e. The van der Waals surface area contributed by atoms with Crippen LogP contribution < -0.4 is 0 Å². The van der Waals surface area contributed by atoms with Crippen LogP contribution in [0.15, 0.2) is 11.1 Å². The van der Waals surface area contributed by atoms with E-state index < -0.39 is 37.7 Å². The number of halogens is 3. The SMILES string of the molecule is CCC/C(C)=C(\CP(=O)(OC(C)C)OC(C)C)C(F)(F)F.